The van der Waals surface area contributed by atoms with Crippen LogP contribution in [0.5, 0.6) is 5.75 Å². The van der Waals surface area contributed by atoms with E-state index in [0.29, 0.717) is 18.4 Å². The molecule has 0 unspecified atom stereocenters. The van der Waals surface area contributed by atoms with Crippen molar-refractivity contribution in [1.29, 1.82) is 0 Å². The SMILES string of the molecule is COc1ccc(N2CCN(C(=O)CCc3ccc(C(=O)N(C)C)cc3)CC2)cc1. The third-order valence-corrected chi connectivity index (χ3v) is 5.30. The molecule has 2 aromatic rings. The van der Waals surface area contributed by atoms with Gasteiger partial charge >= 0.3 is 0 Å². The summed E-state index contributed by atoms with van der Waals surface area (Å²) in [5.74, 6) is 1.02. The average Bonchev–Trinajstić information content (AvgIpc) is 2.77. The van der Waals surface area contributed by atoms with E-state index in [1.807, 2.05) is 41.3 Å². The number of ether oxygens (including phenoxy) is 1. The van der Waals surface area contributed by atoms with Crippen LogP contribution in [0.2, 0.25) is 0 Å². The van der Waals surface area contributed by atoms with Gasteiger partial charge in [0, 0.05) is 57.9 Å². The standard InChI is InChI=1S/C23H29N3O3/c1-24(2)23(28)19-7-4-18(5-8-19)6-13-22(27)26-16-14-25(15-17-26)20-9-11-21(29-3)12-10-20/h4-5,7-12H,6,13-17H2,1-3H3. The summed E-state index contributed by atoms with van der Waals surface area (Å²) >= 11 is 0. The number of amides is 2. The van der Waals surface area contributed by atoms with Gasteiger partial charge in [0.15, 0.2) is 0 Å². The zero-order valence-electron chi connectivity index (χ0n) is 17.4. The number of benzene rings is 2. The summed E-state index contributed by atoms with van der Waals surface area (Å²) in [7, 11) is 5.14. The molecule has 0 aliphatic carbocycles. The van der Waals surface area contributed by atoms with Crippen molar-refractivity contribution in [3.8, 4) is 5.75 Å². The van der Waals surface area contributed by atoms with E-state index in [2.05, 4.69) is 17.0 Å². The van der Waals surface area contributed by atoms with Crippen molar-refractivity contribution >= 4 is 17.5 Å². The molecule has 29 heavy (non-hydrogen) atoms. The molecule has 0 radical (unpaired) electrons. The summed E-state index contributed by atoms with van der Waals surface area (Å²) < 4.78 is 5.21. The quantitative estimate of drug-likeness (QED) is 0.755. The average molecular weight is 396 g/mol. The van der Waals surface area contributed by atoms with E-state index in [0.717, 1.165) is 43.2 Å². The predicted octanol–water partition coefficient (Wildman–Crippen LogP) is 2.68. The Kier molecular flexibility index (Phi) is 6.75. The molecule has 0 spiro atoms. The fourth-order valence-electron chi connectivity index (χ4n) is 3.49. The van der Waals surface area contributed by atoms with E-state index in [1.54, 1.807) is 26.1 Å². The number of nitrogens with zero attached hydrogens (tertiary/aromatic N) is 3. The third kappa shape index (κ3) is 5.28. The topological polar surface area (TPSA) is 53.1 Å². The van der Waals surface area contributed by atoms with E-state index in [1.165, 1.54) is 0 Å². The van der Waals surface area contributed by atoms with Crippen molar-refractivity contribution in [1.82, 2.24) is 9.80 Å². The van der Waals surface area contributed by atoms with Gasteiger partial charge in [-0.3, -0.25) is 9.59 Å². The number of rotatable bonds is 6. The Morgan fingerprint density at radius 3 is 2.10 bits per heavy atom. The number of anilines is 1. The Morgan fingerprint density at radius 1 is 0.931 bits per heavy atom. The van der Waals surface area contributed by atoms with Crippen molar-refractivity contribution in [2.45, 2.75) is 12.8 Å². The molecule has 1 heterocycles. The molecule has 0 saturated carbocycles. The van der Waals surface area contributed by atoms with Crippen LogP contribution in [0.3, 0.4) is 0 Å². The molecule has 2 amide bonds. The minimum Gasteiger partial charge on any atom is -0.497 e. The number of aryl methyl sites for hydroxylation is 1. The largest absolute Gasteiger partial charge is 0.497 e. The normalized spacial score (nSPS) is 13.9. The number of hydrogen-bond acceptors (Lipinski definition) is 4. The van der Waals surface area contributed by atoms with E-state index >= 15 is 0 Å². The van der Waals surface area contributed by atoms with Crippen LogP contribution in [-0.2, 0) is 11.2 Å². The van der Waals surface area contributed by atoms with E-state index in [-0.39, 0.29) is 11.8 Å². The van der Waals surface area contributed by atoms with Gasteiger partial charge in [-0.15, -0.1) is 0 Å². The van der Waals surface area contributed by atoms with Crippen LogP contribution in [0, 0.1) is 0 Å². The maximum Gasteiger partial charge on any atom is 0.253 e. The van der Waals surface area contributed by atoms with Gasteiger partial charge in [-0.2, -0.15) is 0 Å². The van der Waals surface area contributed by atoms with Gasteiger partial charge < -0.3 is 19.4 Å². The maximum absolute atomic E-state index is 12.6. The Balaban J connectivity index is 1.46. The summed E-state index contributed by atoms with van der Waals surface area (Å²) in [6.07, 6.45) is 1.18. The van der Waals surface area contributed by atoms with E-state index in [9.17, 15) is 9.59 Å². The molecular weight excluding hydrogens is 366 g/mol. The van der Waals surface area contributed by atoms with Crippen molar-refractivity contribution in [2.75, 3.05) is 52.3 Å². The molecule has 0 atom stereocenters. The number of methoxy groups -OCH3 is 1. The second kappa shape index (κ2) is 9.45. The van der Waals surface area contributed by atoms with Crippen LogP contribution in [0.1, 0.15) is 22.3 Å². The Labute approximate surface area is 172 Å². The molecule has 154 valence electrons. The molecule has 6 heteroatoms. The smallest absolute Gasteiger partial charge is 0.253 e. The Morgan fingerprint density at radius 2 is 1.55 bits per heavy atom. The van der Waals surface area contributed by atoms with Gasteiger partial charge in [0.25, 0.3) is 5.91 Å². The van der Waals surface area contributed by atoms with Crippen LogP contribution in [-0.4, -0.2) is 69.0 Å². The lowest BCUT2D eigenvalue weighted by atomic mass is 10.1. The van der Waals surface area contributed by atoms with Crippen LogP contribution < -0.4 is 9.64 Å². The van der Waals surface area contributed by atoms with Crippen LogP contribution in [0.25, 0.3) is 0 Å². The molecule has 1 aliphatic heterocycles. The van der Waals surface area contributed by atoms with Crippen molar-refractivity contribution in [2.24, 2.45) is 0 Å². The molecule has 6 nitrogen and oxygen atoms in total. The first-order valence-electron chi connectivity index (χ1n) is 9.95. The monoisotopic (exact) mass is 395 g/mol. The summed E-state index contributed by atoms with van der Waals surface area (Å²) in [5, 5.41) is 0. The summed E-state index contributed by atoms with van der Waals surface area (Å²) in [6.45, 7) is 3.14. The first-order valence-corrected chi connectivity index (χ1v) is 9.95. The van der Waals surface area contributed by atoms with Gasteiger partial charge in [-0.1, -0.05) is 12.1 Å². The summed E-state index contributed by atoms with van der Waals surface area (Å²) in [5.41, 5.74) is 2.90. The van der Waals surface area contributed by atoms with Crippen molar-refractivity contribution in [3.63, 3.8) is 0 Å². The van der Waals surface area contributed by atoms with E-state index in [4.69, 9.17) is 4.74 Å². The molecule has 1 fully saturated rings. The molecule has 0 aromatic heterocycles. The predicted molar refractivity (Wildman–Crippen MR) is 115 cm³/mol. The minimum atomic E-state index is -0.0117. The zero-order valence-corrected chi connectivity index (χ0v) is 17.4. The number of carbonyl (C=O) groups excluding carboxylic acids is 2. The lowest BCUT2D eigenvalue weighted by Crippen LogP contribution is -2.48. The third-order valence-electron chi connectivity index (χ3n) is 5.30. The van der Waals surface area contributed by atoms with Gasteiger partial charge in [-0.25, -0.2) is 0 Å². The number of piperazine rings is 1. The molecule has 2 aromatic carbocycles. The molecule has 0 N–H and O–H groups in total. The number of hydrogen-bond donors (Lipinski definition) is 0. The second-order valence-corrected chi connectivity index (χ2v) is 7.46. The van der Waals surface area contributed by atoms with E-state index < -0.39 is 0 Å². The van der Waals surface area contributed by atoms with Crippen LogP contribution in [0.4, 0.5) is 5.69 Å². The summed E-state index contributed by atoms with van der Waals surface area (Å²) in [4.78, 5) is 30.3. The molecular formula is C23H29N3O3. The Hall–Kier alpha value is -3.02. The second-order valence-electron chi connectivity index (χ2n) is 7.46. The highest BCUT2D eigenvalue weighted by molar-refractivity contribution is 5.93. The van der Waals surface area contributed by atoms with Crippen LogP contribution >= 0.6 is 0 Å². The lowest BCUT2D eigenvalue weighted by molar-refractivity contribution is -0.131. The molecule has 0 bridgehead atoms. The molecule has 3 rings (SSSR count). The van der Waals surface area contributed by atoms with Gasteiger partial charge in [-0.05, 0) is 48.4 Å². The van der Waals surface area contributed by atoms with Gasteiger partial charge in [0.1, 0.15) is 5.75 Å². The zero-order chi connectivity index (χ0) is 20.8. The fourth-order valence-corrected chi connectivity index (χ4v) is 3.49. The maximum atomic E-state index is 12.6. The highest BCUT2D eigenvalue weighted by Crippen LogP contribution is 2.21. The highest BCUT2D eigenvalue weighted by Gasteiger charge is 2.21. The fraction of sp³-hybridized carbons (Fsp3) is 0.391. The van der Waals surface area contributed by atoms with Crippen LogP contribution in [0.15, 0.2) is 48.5 Å². The molecule has 1 saturated heterocycles. The minimum absolute atomic E-state index is 0.0117. The number of carbonyl (C=O) groups is 2. The highest BCUT2D eigenvalue weighted by atomic mass is 16.5. The lowest BCUT2D eigenvalue weighted by Gasteiger charge is -2.36. The first kappa shape index (κ1) is 20.7. The van der Waals surface area contributed by atoms with Gasteiger partial charge in [0.05, 0.1) is 7.11 Å². The van der Waals surface area contributed by atoms with Gasteiger partial charge in [0.2, 0.25) is 5.91 Å². The first-order chi connectivity index (χ1) is 14.0. The van der Waals surface area contributed by atoms with Crippen molar-refractivity contribution in [3.05, 3.63) is 59.7 Å². The van der Waals surface area contributed by atoms with Crippen molar-refractivity contribution < 1.29 is 14.3 Å². The molecule has 1 aliphatic rings. The Bertz CT molecular complexity index is 823. The summed E-state index contributed by atoms with van der Waals surface area (Å²) in [6, 6.07) is 15.6.